The normalized spacial score (nSPS) is 14.2. The van der Waals surface area contributed by atoms with Crippen molar-refractivity contribution in [3.05, 3.63) is 17.9 Å². The molecule has 1 aromatic carbocycles. The number of anilines is 3. The molecule has 0 atom stereocenters. The van der Waals surface area contributed by atoms with Crippen molar-refractivity contribution in [3.8, 4) is 0 Å². The van der Waals surface area contributed by atoms with Gasteiger partial charge >= 0.3 is 0 Å². The van der Waals surface area contributed by atoms with E-state index in [0.29, 0.717) is 17.1 Å². The summed E-state index contributed by atoms with van der Waals surface area (Å²) >= 11 is 0. The van der Waals surface area contributed by atoms with Crippen molar-refractivity contribution in [2.75, 3.05) is 49.6 Å². The Morgan fingerprint density at radius 1 is 0.900 bits per heavy atom. The van der Waals surface area contributed by atoms with E-state index in [2.05, 4.69) is 11.9 Å². The molecule has 2 rings (SSSR count). The van der Waals surface area contributed by atoms with E-state index in [1.165, 1.54) is 6.07 Å². The van der Waals surface area contributed by atoms with Crippen LogP contribution in [0.5, 0.6) is 0 Å². The Morgan fingerprint density at radius 2 is 1.35 bits per heavy atom. The summed E-state index contributed by atoms with van der Waals surface area (Å²) in [6, 6.07) is 2.92. The van der Waals surface area contributed by atoms with Gasteiger partial charge in [0, 0.05) is 32.2 Å². The highest BCUT2D eigenvalue weighted by Gasteiger charge is 2.18. The lowest BCUT2D eigenvalue weighted by atomic mass is 10.2. The van der Waals surface area contributed by atoms with Crippen LogP contribution in [-0.4, -0.2) is 38.1 Å². The standard InChI is InChI=1S/C11H17FN4.4ClH/c1-15-2-4-16(5-3-15)11-7-10(14)9(13)6-8(11)12;;;;/h6-7H,2-5,13-14H2,1H3;4*1H. The van der Waals surface area contributed by atoms with E-state index < -0.39 is 0 Å². The maximum absolute atomic E-state index is 13.7. The molecule has 0 unspecified atom stereocenters. The van der Waals surface area contributed by atoms with Gasteiger partial charge in [-0.2, -0.15) is 0 Å². The maximum atomic E-state index is 13.7. The van der Waals surface area contributed by atoms with Crippen molar-refractivity contribution < 1.29 is 4.39 Å². The van der Waals surface area contributed by atoms with Gasteiger partial charge in [0.2, 0.25) is 0 Å². The number of nitrogens with two attached hydrogens (primary N) is 2. The van der Waals surface area contributed by atoms with Gasteiger partial charge in [0.1, 0.15) is 5.82 Å². The minimum Gasteiger partial charge on any atom is -0.397 e. The first kappa shape index (κ1) is 24.7. The molecule has 120 valence electrons. The van der Waals surface area contributed by atoms with Crippen LogP contribution < -0.4 is 16.4 Å². The topological polar surface area (TPSA) is 58.5 Å². The first-order valence-electron chi connectivity index (χ1n) is 5.36. The highest BCUT2D eigenvalue weighted by molar-refractivity contribution is 5.86. The summed E-state index contributed by atoms with van der Waals surface area (Å²) in [5, 5.41) is 0. The Labute approximate surface area is 143 Å². The molecule has 1 aliphatic rings. The van der Waals surface area contributed by atoms with Crippen molar-refractivity contribution in [3.63, 3.8) is 0 Å². The first-order valence-corrected chi connectivity index (χ1v) is 5.36. The third-order valence-electron chi connectivity index (χ3n) is 3.00. The smallest absolute Gasteiger partial charge is 0.148 e. The molecule has 1 fully saturated rings. The summed E-state index contributed by atoms with van der Waals surface area (Å²) in [5.74, 6) is -0.295. The molecular formula is C11H21Cl4FN4. The number of likely N-dealkylation sites (N-methyl/N-ethyl adjacent to an activating group) is 1. The third kappa shape index (κ3) is 5.58. The second-order valence-electron chi connectivity index (χ2n) is 4.22. The summed E-state index contributed by atoms with van der Waals surface area (Å²) in [4.78, 5) is 4.22. The van der Waals surface area contributed by atoms with Crippen molar-refractivity contribution in [1.29, 1.82) is 0 Å². The molecule has 0 bridgehead atoms. The van der Waals surface area contributed by atoms with E-state index in [-0.39, 0.29) is 55.4 Å². The molecule has 0 amide bonds. The van der Waals surface area contributed by atoms with Crippen LogP contribution in [0.2, 0.25) is 0 Å². The number of rotatable bonds is 1. The molecule has 9 heteroatoms. The Balaban J connectivity index is -0.000000722. The highest BCUT2D eigenvalue weighted by atomic mass is 35.5. The van der Waals surface area contributed by atoms with Gasteiger partial charge in [0.25, 0.3) is 0 Å². The molecule has 0 spiro atoms. The van der Waals surface area contributed by atoms with Gasteiger partial charge in [-0.25, -0.2) is 4.39 Å². The molecular weight excluding hydrogens is 349 g/mol. The lowest BCUT2D eigenvalue weighted by molar-refractivity contribution is 0.312. The first-order chi connectivity index (χ1) is 7.58. The predicted molar refractivity (Wildman–Crippen MR) is 93.9 cm³/mol. The van der Waals surface area contributed by atoms with Crippen LogP contribution in [0.1, 0.15) is 0 Å². The summed E-state index contributed by atoms with van der Waals surface area (Å²) in [6.07, 6.45) is 0. The fraction of sp³-hybridized carbons (Fsp3) is 0.455. The molecule has 1 heterocycles. The molecule has 0 aromatic heterocycles. The monoisotopic (exact) mass is 368 g/mol. The quantitative estimate of drug-likeness (QED) is 0.746. The number of piperazine rings is 1. The number of nitrogen functional groups attached to an aromatic ring is 2. The minimum atomic E-state index is -0.295. The van der Waals surface area contributed by atoms with E-state index in [9.17, 15) is 4.39 Å². The highest BCUT2D eigenvalue weighted by Crippen LogP contribution is 2.27. The molecule has 4 nitrogen and oxygen atoms in total. The third-order valence-corrected chi connectivity index (χ3v) is 3.00. The molecule has 20 heavy (non-hydrogen) atoms. The molecule has 1 aromatic rings. The van der Waals surface area contributed by atoms with Crippen LogP contribution >= 0.6 is 49.6 Å². The number of benzene rings is 1. The van der Waals surface area contributed by atoms with Crippen LogP contribution in [0.25, 0.3) is 0 Å². The van der Waals surface area contributed by atoms with Gasteiger partial charge in [-0.1, -0.05) is 0 Å². The summed E-state index contributed by atoms with van der Waals surface area (Å²) < 4.78 is 13.7. The Bertz CT molecular complexity index is 400. The minimum absolute atomic E-state index is 0. The van der Waals surface area contributed by atoms with Crippen LogP contribution in [-0.2, 0) is 0 Å². The van der Waals surface area contributed by atoms with Gasteiger partial charge in [0.15, 0.2) is 0 Å². The summed E-state index contributed by atoms with van der Waals surface area (Å²) in [5.41, 5.74) is 12.5. The molecule has 0 radical (unpaired) electrons. The average Bonchev–Trinajstić information content (AvgIpc) is 2.25. The van der Waals surface area contributed by atoms with Crippen LogP contribution in [0, 0.1) is 5.82 Å². The lowest BCUT2D eigenvalue weighted by Crippen LogP contribution is -2.44. The number of hydrogen-bond acceptors (Lipinski definition) is 4. The van der Waals surface area contributed by atoms with Crippen LogP contribution in [0.4, 0.5) is 21.5 Å². The van der Waals surface area contributed by atoms with Gasteiger partial charge in [-0.15, -0.1) is 49.6 Å². The number of nitrogens with zero attached hydrogens (tertiary/aromatic N) is 2. The maximum Gasteiger partial charge on any atom is 0.148 e. The largest absolute Gasteiger partial charge is 0.397 e. The average molecular weight is 370 g/mol. The Morgan fingerprint density at radius 3 is 1.85 bits per heavy atom. The van der Waals surface area contributed by atoms with Crippen molar-refractivity contribution in [2.24, 2.45) is 0 Å². The van der Waals surface area contributed by atoms with Crippen LogP contribution in [0.3, 0.4) is 0 Å². The van der Waals surface area contributed by atoms with Gasteiger partial charge in [0.05, 0.1) is 17.1 Å². The summed E-state index contributed by atoms with van der Waals surface area (Å²) in [7, 11) is 2.06. The van der Waals surface area contributed by atoms with Gasteiger partial charge in [-0.05, 0) is 13.1 Å². The van der Waals surface area contributed by atoms with Crippen molar-refractivity contribution in [1.82, 2.24) is 4.90 Å². The fourth-order valence-electron chi connectivity index (χ4n) is 1.88. The second-order valence-corrected chi connectivity index (χ2v) is 4.22. The van der Waals surface area contributed by atoms with E-state index in [1.54, 1.807) is 6.07 Å². The molecule has 0 aliphatic carbocycles. The van der Waals surface area contributed by atoms with E-state index in [4.69, 9.17) is 11.5 Å². The van der Waals surface area contributed by atoms with Crippen molar-refractivity contribution >= 4 is 66.7 Å². The Kier molecular flexibility index (Phi) is 12.8. The van der Waals surface area contributed by atoms with Crippen LogP contribution in [0.15, 0.2) is 12.1 Å². The number of halogens is 5. The Hall–Kier alpha value is -0.330. The molecule has 1 saturated heterocycles. The van der Waals surface area contributed by atoms with Crippen molar-refractivity contribution in [2.45, 2.75) is 0 Å². The predicted octanol–water partition coefficient (Wildman–Crippen LogP) is 2.43. The zero-order valence-corrected chi connectivity index (χ0v) is 14.3. The van der Waals surface area contributed by atoms with E-state index >= 15 is 0 Å². The molecule has 1 aliphatic heterocycles. The van der Waals surface area contributed by atoms with E-state index in [0.717, 1.165) is 26.2 Å². The van der Waals surface area contributed by atoms with Gasteiger partial charge < -0.3 is 21.3 Å². The number of hydrogen-bond donors (Lipinski definition) is 2. The molecule has 0 saturated carbocycles. The zero-order valence-electron chi connectivity index (χ0n) is 11.0. The summed E-state index contributed by atoms with van der Waals surface area (Å²) in [6.45, 7) is 3.50. The zero-order chi connectivity index (χ0) is 11.7. The second kappa shape index (κ2) is 10.4. The van der Waals surface area contributed by atoms with E-state index in [1.807, 2.05) is 4.90 Å². The molecule has 4 N–H and O–H groups in total. The van der Waals surface area contributed by atoms with Gasteiger partial charge in [-0.3, -0.25) is 0 Å². The SMILES string of the molecule is CN1CCN(c2cc(N)c(N)cc2F)CC1.Cl.Cl.Cl.Cl. The lowest BCUT2D eigenvalue weighted by Gasteiger charge is -2.34. The fourth-order valence-corrected chi connectivity index (χ4v) is 1.88.